The van der Waals surface area contributed by atoms with Crippen LogP contribution in [0.2, 0.25) is 5.02 Å². The Morgan fingerprint density at radius 1 is 1.00 bits per heavy atom. The fraction of sp³-hybridized carbons (Fsp3) is 0.368. The van der Waals surface area contributed by atoms with Crippen molar-refractivity contribution in [3.63, 3.8) is 0 Å². The van der Waals surface area contributed by atoms with Gasteiger partial charge in [-0.2, -0.15) is 0 Å². The first-order chi connectivity index (χ1) is 11.8. The molecule has 2 aromatic rings. The van der Waals surface area contributed by atoms with Crippen LogP contribution in [0.4, 0.5) is 0 Å². The first kappa shape index (κ1) is 19.2. The van der Waals surface area contributed by atoms with Gasteiger partial charge in [-0.1, -0.05) is 68.8 Å². The van der Waals surface area contributed by atoms with Crippen molar-refractivity contribution in [2.75, 3.05) is 13.2 Å². The molecule has 0 fully saturated rings. The largest absolute Gasteiger partial charge is 0.367 e. The number of hydrogen-bond donors (Lipinski definition) is 0. The van der Waals surface area contributed by atoms with E-state index in [1.54, 1.807) is 12.1 Å². The molecule has 0 aliphatic heterocycles. The molecule has 1 atom stereocenters. The summed E-state index contributed by atoms with van der Waals surface area (Å²) in [5.74, 6) is 0. The van der Waals surface area contributed by atoms with Crippen LogP contribution >= 0.6 is 11.6 Å². The van der Waals surface area contributed by atoms with Gasteiger partial charge in [0, 0.05) is 5.02 Å². The summed E-state index contributed by atoms with van der Waals surface area (Å²) in [6.45, 7) is 6.46. The smallest absolute Gasteiger partial charge is 0.294 e. The molecule has 6 heteroatoms. The highest BCUT2D eigenvalue weighted by molar-refractivity contribution is 6.30. The van der Waals surface area contributed by atoms with E-state index in [1.807, 2.05) is 24.3 Å². The average Bonchev–Trinajstić information content (AvgIpc) is 2.55. The molecule has 25 heavy (non-hydrogen) atoms. The third-order valence-electron chi connectivity index (χ3n) is 3.82. The van der Waals surface area contributed by atoms with Gasteiger partial charge in [-0.3, -0.25) is 0 Å². The quantitative estimate of drug-likeness (QED) is 0.396. The number of rotatable bonds is 7. The number of hydrogen-bond acceptors (Lipinski definition) is 4. The van der Waals surface area contributed by atoms with E-state index in [1.165, 1.54) is 5.56 Å². The molecule has 0 bridgehead atoms. The van der Waals surface area contributed by atoms with Gasteiger partial charge < -0.3 is 9.57 Å². The summed E-state index contributed by atoms with van der Waals surface area (Å²) < 4.78 is 5.86. The van der Waals surface area contributed by atoms with Gasteiger partial charge in [0.05, 0.1) is 6.61 Å². The molecule has 1 unspecified atom stereocenters. The average molecular weight is 364 g/mol. The summed E-state index contributed by atoms with van der Waals surface area (Å²) in [6, 6.07) is 15.6. The Balaban J connectivity index is 2.21. The molecule has 0 radical (unpaired) electrons. The van der Waals surface area contributed by atoms with E-state index < -0.39 is 5.09 Å². The molecule has 134 valence electrons. The van der Waals surface area contributed by atoms with E-state index in [9.17, 15) is 10.1 Å². The fourth-order valence-corrected chi connectivity index (χ4v) is 2.58. The highest BCUT2D eigenvalue weighted by Crippen LogP contribution is 2.29. The standard InChI is InChI=1S/C19H22ClNO4/c1-19(2,3)16-8-4-14(5-9-16)18(24-12-13-25-21(22)23)15-6-10-17(20)11-7-15/h4-11,18H,12-13H2,1-3H3. The lowest BCUT2D eigenvalue weighted by molar-refractivity contribution is -0.758. The molecule has 0 amide bonds. The maximum atomic E-state index is 10.3. The predicted molar refractivity (Wildman–Crippen MR) is 97.3 cm³/mol. The summed E-state index contributed by atoms with van der Waals surface area (Å²) >= 11 is 5.96. The second kappa shape index (κ2) is 8.32. The zero-order chi connectivity index (χ0) is 18.4. The SMILES string of the molecule is CC(C)(C)c1ccc(C(OCCO[N+](=O)[O-])c2ccc(Cl)cc2)cc1. The van der Waals surface area contributed by atoms with Gasteiger partial charge in [-0.25, -0.2) is 0 Å². The normalized spacial score (nSPS) is 12.6. The van der Waals surface area contributed by atoms with Crippen LogP contribution in [-0.2, 0) is 15.0 Å². The Bertz CT molecular complexity index is 693. The van der Waals surface area contributed by atoms with Gasteiger partial charge in [0.2, 0.25) is 0 Å². The fourth-order valence-electron chi connectivity index (χ4n) is 2.46. The minimum absolute atomic E-state index is 0.0642. The topological polar surface area (TPSA) is 61.6 Å². The summed E-state index contributed by atoms with van der Waals surface area (Å²) in [5, 5.41) is 10.1. The molecule has 5 nitrogen and oxygen atoms in total. The minimum atomic E-state index is -0.821. The van der Waals surface area contributed by atoms with Crippen LogP contribution in [0.1, 0.15) is 43.6 Å². The van der Waals surface area contributed by atoms with Gasteiger partial charge in [0.1, 0.15) is 12.7 Å². The molecule has 0 saturated carbocycles. The lowest BCUT2D eigenvalue weighted by atomic mass is 9.86. The second-order valence-corrected chi connectivity index (χ2v) is 7.17. The zero-order valence-electron chi connectivity index (χ0n) is 14.6. The molecule has 0 saturated heterocycles. The first-order valence-electron chi connectivity index (χ1n) is 8.02. The number of nitrogens with zero attached hydrogens (tertiary/aromatic N) is 1. The third kappa shape index (κ3) is 5.73. The van der Waals surface area contributed by atoms with Gasteiger partial charge in [-0.05, 0) is 34.2 Å². The Kier molecular flexibility index (Phi) is 6.39. The number of benzene rings is 2. The van der Waals surface area contributed by atoms with Crippen molar-refractivity contribution in [3.05, 3.63) is 80.4 Å². The van der Waals surface area contributed by atoms with Crippen LogP contribution in [0, 0.1) is 10.1 Å². The van der Waals surface area contributed by atoms with E-state index in [2.05, 4.69) is 37.7 Å². The molecular formula is C19H22ClNO4. The van der Waals surface area contributed by atoms with E-state index in [-0.39, 0.29) is 24.7 Å². The van der Waals surface area contributed by atoms with Crippen molar-refractivity contribution < 1.29 is 14.7 Å². The molecule has 2 rings (SSSR count). The van der Waals surface area contributed by atoms with Gasteiger partial charge in [-0.15, -0.1) is 10.1 Å². The lowest BCUT2D eigenvalue weighted by Crippen LogP contribution is -2.14. The number of halogens is 1. The maximum absolute atomic E-state index is 10.3. The van der Waals surface area contributed by atoms with Crippen molar-refractivity contribution in [3.8, 4) is 0 Å². The van der Waals surface area contributed by atoms with Gasteiger partial charge in [0.25, 0.3) is 5.09 Å². The second-order valence-electron chi connectivity index (χ2n) is 6.73. The lowest BCUT2D eigenvalue weighted by Gasteiger charge is -2.22. The zero-order valence-corrected chi connectivity index (χ0v) is 15.3. The predicted octanol–water partition coefficient (Wildman–Crippen LogP) is 4.95. The Labute approximate surface area is 152 Å². The third-order valence-corrected chi connectivity index (χ3v) is 4.07. The maximum Gasteiger partial charge on any atom is 0.294 e. The van der Waals surface area contributed by atoms with Crippen LogP contribution in [0.5, 0.6) is 0 Å². The van der Waals surface area contributed by atoms with Crippen LogP contribution < -0.4 is 0 Å². The van der Waals surface area contributed by atoms with E-state index in [0.29, 0.717) is 5.02 Å². The van der Waals surface area contributed by atoms with Crippen molar-refractivity contribution in [2.45, 2.75) is 32.3 Å². The van der Waals surface area contributed by atoms with Gasteiger partial charge in [0.15, 0.2) is 0 Å². The van der Waals surface area contributed by atoms with Gasteiger partial charge >= 0.3 is 0 Å². The molecule has 0 aliphatic rings. The molecule has 0 heterocycles. The van der Waals surface area contributed by atoms with E-state index in [0.717, 1.165) is 11.1 Å². The summed E-state index contributed by atoms with van der Waals surface area (Å²) in [5.41, 5.74) is 3.18. The minimum Gasteiger partial charge on any atom is -0.367 e. The summed E-state index contributed by atoms with van der Waals surface area (Å²) in [6.07, 6.45) is -0.346. The first-order valence-corrected chi connectivity index (χ1v) is 8.40. The monoisotopic (exact) mass is 363 g/mol. The van der Waals surface area contributed by atoms with Crippen LogP contribution in [0.15, 0.2) is 48.5 Å². The van der Waals surface area contributed by atoms with Crippen LogP contribution in [-0.4, -0.2) is 18.3 Å². The van der Waals surface area contributed by atoms with Crippen molar-refractivity contribution >= 4 is 11.6 Å². The summed E-state index contributed by atoms with van der Waals surface area (Å²) in [4.78, 5) is 14.6. The molecule has 0 aliphatic carbocycles. The summed E-state index contributed by atoms with van der Waals surface area (Å²) in [7, 11) is 0. The molecule has 0 spiro atoms. The number of ether oxygens (including phenoxy) is 1. The van der Waals surface area contributed by atoms with Crippen LogP contribution in [0.25, 0.3) is 0 Å². The van der Waals surface area contributed by atoms with E-state index in [4.69, 9.17) is 16.3 Å². The van der Waals surface area contributed by atoms with Crippen molar-refractivity contribution in [2.24, 2.45) is 0 Å². The van der Waals surface area contributed by atoms with Crippen molar-refractivity contribution in [1.29, 1.82) is 0 Å². The Morgan fingerprint density at radius 3 is 2.00 bits per heavy atom. The van der Waals surface area contributed by atoms with E-state index >= 15 is 0 Å². The molecule has 0 aromatic heterocycles. The molecular weight excluding hydrogens is 342 g/mol. The molecule has 2 aromatic carbocycles. The molecule has 0 N–H and O–H groups in total. The Hall–Kier alpha value is -2.11. The highest BCUT2D eigenvalue weighted by atomic mass is 35.5. The highest BCUT2D eigenvalue weighted by Gasteiger charge is 2.18. The van der Waals surface area contributed by atoms with Crippen LogP contribution in [0.3, 0.4) is 0 Å². The van der Waals surface area contributed by atoms with Crippen molar-refractivity contribution in [1.82, 2.24) is 0 Å². The Morgan fingerprint density at radius 2 is 1.52 bits per heavy atom.